The summed E-state index contributed by atoms with van der Waals surface area (Å²) >= 11 is 0. The van der Waals surface area contributed by atoms with E-state index in [4.69, 9.17) is 0 Å². The van der Waals surface area contributed by atoms with Gasteiger partial charge < -0.3 is 5.32 Å². The summed E-state index contributed by atoms with van der Waals surface area (Å²) < 4.78 is 52.0. The van der Waals surface area contributed by atoms with E-state index in [0.29, 0.717) is 11.6 Å². The molecule has 1 fully saturated rings. The number of nitrogens with one attached hydrogen (secondary N) is 1. The fourth-order valence-corrected chi connectivity index (χ4v) is 2.78. The van der Waals surface area contributed by atoms with Crippen LogP contribution in [0.5, 0.6) is 0 Å². The zero-order valence-corrected chi connectivity index (χ0v) is 12.0. The number of hydrogen-bond donors (Lipinski definition) is 1. The van der Waals surface area contributed by atoms with Crippen molar-refractivity contribution in [2.45, 2.75) is 32.0 Å². The van der Waals surface area contributed by atoms with Crippen molar-refractivity contribution in [3.8, 4) is 0 Å². The fourth-order valence-electron chi connectivity index (χ4n) is 2.78. The second-order valence-corrected chi connectivity index (χ2v) is 5.32. The van der Waals surface area contributed by atoms with Crippen molar-refractivity contribution in [2.24, 2.45) is 0 Å². The number of piperazine rings is 1. The van der Waals surface area contributed by atoms with E-state index < -0.39 is 17.6 Å². The zero-order valence-electron chi connectivity index (χ0n) is 12.0. The Morgan fingerprint density at radius 1 is 1.24 bits per heavy atom. The Kier molecular flexibility index (Phi) is 5.22. The van der Waals surface area contributed by atoms with E-state index in [2.05, 4.69) is 10.2 Å². The van der Waals surface area contributed by atoms with Crippen LogP contribution < -0.4 is 5.32 Å². The highest BCUT2D eigenvalue weighted by Gasteiger charge is 2.32. The number of alkyl halides is 3. The van der Waals surface area contributed by atoms with Crippen molar-refractivity contribution in [3.63, 3.8) is 0 Å². The lowest BCUT2D eigenvalue weighted by molar-refractivity contribution is -0.137. The minimum atomic E-state index is -4.51. The SMILES string of the molecule is CCC[C@H](c1ccc(C(F)(F)F)cc1F)N1CCNCC1. The van der Waals surface area contributed by atoms with Gasteiger partial charge in [-0.1, -0.05) is 19.4 Å². The summed E-state index contributed by atoms with van der Waals surface area (Å²) in [5, 5.41) is 3.22. The summed E-state index contributed by atoms with van der Waals surface area (Å²) in [7, 11) is 0. The molecule has 1 N–H and O–H groups in total. The van der Waals surface area contributed by atoms with Gasteiger partial charge in [-0.05, 0) is 18.6 Å². The average molecular weight is 304 g/mol. The number of halogens is 4. The van der Waals surface area contributed by atoms with E-state index in [9.17, 15) is 17.6 Å². The lowest BCUT2D eigenvalue weighted by Crippen LogP contribution is -2.45. The van der Waals surface area contributed by atoms with Crippen molar-refractivity contribution < 1.29 is 17.6 Å². The third kappa shape index (κ3) is 3.95. The van der Waals surface area contributed by atoms with E-state index in [1.165, 1.54) is 6.07 Å². The standard InChI is InChI=1S/C15H20F4N2/c1-2-3-14(21-8-6-20-7-9-21)12-5-4-11(10-13(12)16)15(17,18)19/h4-5,10,14,20H,2-3,6-9H2,1H3/t14-/m1/s1. The van der Waals surface area contributed by atoms with Crippen LogP contribution in [-0.4, -0.2) is 31.1 Å². The highest BCUT2D eigenvalue weighted by molar-refractivity contribution is 5.28. The number of benzene rings is 1. The van der Waals surface area contributed by atoms with E-state index in [1.54, 1.807) is 0 Å². The lowest BCUT2D eigenvalue weighted by Gasteiger charge is -2.35. The molecule has 1 aliphatic heterocycles. The molecule has 0 radical (unpaired) electrons. The summed E-state index contributed by atoms with van der Waals surface area (Å²) in [6.45, 7) is 5.21. The fraction of sp³-hybridized carbons (Fsp3) is 0.600. The second kappa shape index (κ2) is 6.75. The minimum Gasteiger partial charge on any atom is -0.314 e. The van der Waals surface area contributed by atoms with Gasteiger partial charge >= 0.3 is 6.18 Å². The molecule has 1 heterocycles. The molecule has 0 amide bonds. The molecule has 118 valence electrons. The first-order valence-corrected chi connectivity index (χ1v) is 7.25. The van der Waals surface area contributed by atoms with Gasteiger partial charge in [0.15, 0.2) is 0 Å². The number of nitrogens with zero attached hydrogens (tertiary/aromatic N) is 1. The summed E-state index contributed by atoms with van der Waals surface area (Å²) in [6.07, 6.45) is -2.91. The number of rotatable bonds is 4. The maximum absolute atomic E-state index is 14.2. The van der Waals surface area contributed by atoms with Gasteiger partial charge in [-0.3, -0.25) is 4.90 Å². The Balaban J connectivity index is 2.27. The molecule has 6 heteroatoms. The molecule has 1 aromatic carbocycles. The lowest BCUT2D eigenvalue weighted by atomic mass is 9.98. The van der Waals surface area contributed by atoms with Crippen molar-refractivity contribution in [1.82, 2.24) is 10.2 Å². The molecule has 2 nitrogen and oxygen atoms in total. The quantitative estimate of drug-likeness (QED) is 0.855. The van der Waals surface area contributed by atoms with Gasteiger partial charge in [-0.25, -0.2) is 4.39 Å². The van der Waals surface area contributed by atoms with Crippen LogP contribution in [0.4, 0.5) is 17.6 Å². The third-order valence-electron chi connectivity index (χ3n) is 3.84. The molecule has 0 bridgehead atoms. The topological polar surface area (TPSA) is 15.3 Å². The van der Waals surface area contributed by atoms with Gasteiger partial charge in [-0.2, -0.15) is 13.2 Å². The molecule has 0 saturated carbocycles. The summed E-state index contributed by atoms with van der Waals surface area (Å²) in [5.41, 5.74) is -0.564. The van der Waals surface area contributed by atoms with E-state index >= 15 is 0 Å². The summed E-state index contributed by atoms with van der Waals surface area (Å²) in [6, 6.07) is 2.73. The van der Waals surface area contributed by atoms with Gasteiger partial charge in [0.25, 0.3) is 0 Å². The number of hydrogen-bond acceptors (Lipinski definition) is 2. The van der Waals surface area contributed by atoms with Crippen LogP contribution in [0.25, 0.3) is 0 Å². The largest absolute Gasteiger partial charge is 0.416 e. The molecule has 1 aliphatic rings. The smallest absolute Gasteiger partial charge is 0.314 e. The van der Waals surface area contributed by atoms with Crippen LogP contribution in [0.3, 0.4) is 0 Å². The molecule has 1 saturated heterocycles. The van der Waals surface area contributed by atoms with Crippen LogP contribution >= 0.6 is 0 Å². The first kappa shape index (κ1) is 16.2. The average Bonchev–Trinajstić information content (AvgIpc) is 2.45. The third-order valence-corrected chi connectivity index (χ3v) is 3.84. The molecule has 1 atom stereocenters. The van der Waals surface area contributed by atoms with E-state index in [0.717, 1.165) is 45.1 Å². The van der Waals surface area contributed by atoms with Crippen molar-refractivity contribution >= 4 is 0 Å². The highest BCUT2D eigenvalue weighted by atomic mass is 19.4. The Morgan fingerprint density at radius 2 is 1.90 bits per heavy atom. The van der Waals surface area contributed by atoms with Crippen LogP contribution in [0.15, 0.2) is 18.2 Å². The van der Waals surface area contributed by atoms with Crippen LogP contribution in [-0.2, 0) is 6.18 Å². The Morgan fingerprint density at radius 3 is 2.43 bits per heavy atom. The van der Waals surface area contributed by atoms with Gasteiger partial charge in [0, 0.05) is 37.8 Å². The van der Waals surface area contributed by atoms with Crippen LogP contribution in [0.2, 0.25) is 0 Å². The first-order chi connectivity index (χ1) is 9.93. The molecule has 1 aromatic rings. The van der Waals surface area contributed by atoms with Crippen LogP contribution in [0, 0.1) is 5.82 Å². The predicted octanol–water partition coefficient (Wildman–Crippen LogP) is 3.59. The zero-order chi connectivity index (χ0) is 15.5. The Hall–Kier alpha value is -1.14. The predicted molar refractivity (Wildman–Crippen MR) is 73.5 cm³/mol. The van der Waals surface area contributed by atoms with Gasteiger partial charge in [0.05, 0.1) is 5.56 Å². The van der Waals surface area contributed by atoms with E-state index in [-0.39, 0.29) is 6.04 Å². The molecular formula is C15H20F4N2. The van der Waals surface area contributed by atoms with Gasteiger partial charge in [0.2, 0.25) is 0 Å². The van der Waals surface area contributed by atoms with Crippen molar-refractivity contribution in [3.05, 3.63) is 35.1 Å². The molecule has 0 aromatic heterocycles. The Labute approximate surface area is 122 Å². The maximum Gasteiger partial charge on any atom is 0.416 e. The second-order valence-electron chi connectivity index (χ2n) is 5.32. The van der Waals surface area contributed by atoms with Crippen molar-refractivity contribution in [2.75, 3.05) is 26.2 Å². The molecular weight excluding hydrogens is 284 g/mol. The van der Waals surface area contributed by atoms with Crippen LogP contribution in [0.1, 0.15) is 36.9 Å². The van der Waals surface area contributed by atoms with Gasteiger partial charge in [0.1, 0.15) is 5.82 Å². The molecule has 0 unspecified atom stereocenters. The van der Waals surface area contributed by atoms with Gasteiger partial charge in [-0.15, -0.1) is 0 Å². The molecule has 21 heavy (non-hydrogen) atoms. The first-order valence-electron chi connectivity index (χ1n) is 7.25. The summed E-state index contributed by atoms with van der Waals surface area (Å²) in [4.78, 5) is 2.14. The summed E-state index contributed by atoms with van der Waals surface area (Å²) in [5.74, 6) is -0.762. The van der Waals surface area contributed by atoms with E-state index in [1.807, 2.05) is 6.92 Å². The maximum atomic E-state index is 14.2. The minimum absolute atomic E-state index is 0.153. The molecule has 0 spiro atoms. The molecule has 0 aliphatic carbocycles. The monoisotopic (exact) mass is 304 g/mol. The highest BCUT2D eigenvalue weighted by Crippen LogP contribution is 2.34. The normalized spacial score (nSPS) is 18.7. The Bertz CT molecular complexity index is 467. The molecule has 2 rings (SSSR count). The van der Waals surface area contributed by atoms with Crippen molar-refractivity contribution in [1.29, 1.82) is 0 Å².